The minimum atomic E-state index is -0.445. The molecule has 0 radical (unpaired) electrons. The second kappa shape index (κ2) is 7.99. The molecule has 0 atom stereocenters. The fraction of sp³-hybridized carbons (Fsp3) is 0.0455. The van der Waals surface area contributed by atoms with Gasteiger partial charge < -0.3 is 5.32 Å². The second-order valence-electron chi connectivity index (χ2n) is 7.18. The van der Waals surface area contributed by atoms with Gasteiger partial charge in [0, 0.05) is 6.07 Å². The Morgan fingerprint density at radius 2 is 1.88 bits per heavy atom. The van der Waals surface area contributed by atoms with E-state index in [4.69, 9.17) is 11.6 Å². The van der Waals surface area contributed by atoms with Gasteiger partial charge in [0.25, 0.3) is 11.5 Å². The summed E-state index contributed by atoms with van der Waals surface area (Å²) in [5.74, 6) is -0.485. The van der Waals surface area contributed by atoms with E-state index in [2.05, 4.69) is 25.5 Å². The lowest BCUT2D eigenvalue weighted by atomic mass is 10.2. The Kier molecular flexibility index (Phi) is 4.98. The first-order valence-corrected chi connectivity index (χ1v) is 10.2. The zero-order chi connectivity index (χ0) is 23.1. The Bertz CT molecular complexity index is 1570. The first-order chi connectivity index (χ1) is 15.9. The molecule has 0 unspecified atom stereocenters. The zero-order valence-corrected chi connectivity index (χ0v) is 17.8. The topological polar surface area (TPSA) is 110 Å². The van der Waals surface area contributed by atoms with Crippen molar-refractivity contribution < 1.29 is 9.18 Å². The zero-order valence-electron chi connectivity index (χ0n) is 17.1. The highest BCUT2D eigenvalue weighted by Crippen LogP contribution is 2.21. The number of aromatic amines is 1. The van der Waals surface area contributed by atoms with Crippen LogP contribution in [0.4, 0.5) is 10.2 Å². The summed E-state index contributed by atoms with van der Waals surface area (Å²) in [4.78, 5) is 32.7. The predicted molar refractivity (Wildman–Crippen MR) is 121 cm³/mol. The number of benzene rings is 2. The maximum absolute atomic E-state index is 13.3. The minimum absolute atomic E-state index is 0.0684. The van der Waals surface area contributed by atoms with Crippen molar-refractivity contribution in [2.45, 2.75) is 6.92 Å². The van der Waals surface area contributed by atoms with Gasteiger partial charge in [0.1, 0.15) is 17.0 Å². The quantitative estimate of drug-likeness (QED) is 0.422. The van der Waals surface area contributed by atoms with Crippen molar-refractivity contribution in [2.24, 2.45) is 0 Å². The fourth-order valence-electron chi connectivity index (χ4n) is 3.36. The summed E-state index contributed by atoms with van der Waals surface area (Å²) in [5.41, 5.74) is 1.20. The molecule has 0 fully saturated rings. The number of hydrogen-bond acceptors (Lipinski definition) is 5. The van der Waals surface area contributed by atoms with E-state index in [0.29, 0.717) is 16.4 Å². The molecule has 2 N–H and O–H groups in total. The van der Waals surface area contributed by atoms with Gasteiger partial charge in [-0.25, -0.2) is 9.07 Å². The van der Waals surface area contributed by atoms with Crippen LogP contribution in [-0.2, 0) is 0 Å². The van der Waals surface area contributed by atoms with Gasteiger partial charge in [0.15, 0.2) is 5.65 Å². The molecular weight excluding hydrogens is 449 g/mol. The van der Waals surface area contributed by atoms with Crippen LogP contribution in [0.25, 0.3) is 22.7 Å². The summed E-state index contributed by atoms with van der Waals surface area (Å²) in [6.07, 6.45) is 1.38. The predicted octanol–water partition coefficient (Wildman–Crippen LogP) is 3.65. The summed E-state index contributed by atoms with van der Waals surface area (Å²) in [7, 11) is 0. The van der Waals surface area contributed by atoms with Crippen LogP contribution in [0.1, 0.15) is 16.1 Å². The molecule has 0 aliphatic heterocycles. The van der Waals surface area contributed by atoms with E-state index in [1.807, 2.05) is 0 Å². The number of carbonyl (C=O) groups is 1. The Labute approximate surface area is 190 Å². The lowest BCUT2D eigenvalue weighted by Crippen LogP contribution is -2.19. The van der Waals surface area contributed by atoms with E-state index in [1.165, 1.54) is 39.8 Å². The van der Waals surface area contributed by atoms with Crippen molar-refractivity contribution in [2.75, 3.05) is 5.32 Å². The third-order valence-corrected chi connectivity index (χ3v) is 5.22. The van der Waals surface area contributed by atoms with Gasteiger partial charge in [-0.2, -0.15) is 19.9 Å². The summed E-state index contributed by atoms with van der Waals surface area (Å²) in [5, 5.41) is 11.9. The lowest BCUT2D eigenvalue weighted by Gasteiger charge is -2.09. The number of hydrogen-bond donors (Lipinski definition) is 2. The van der Waals surface area contributed by atoms with Crippen LogP contribution in [0, 0.1) is 12.7 Å². The van der Waals surface area contributed by atoms with Crippen LogP contribution in [0.3, 0.4) is 0 Å². The molecule has 2 aromatic carbocycles. The van der Waals surface area contributed by atoms with Crippen LogP contribution in [-0.4, -0.2) is 35.4 Å². The molecule has 3 heterocycles. The van der Waals surface area contributed by atoms with Crippen LogP contribution >= 0.6 is 11.6 Å². The summed E-state index contributed by atoms with van der Waals surface area (Å²) in [6, 6.07) is 13.9. The number of fused-ring (bicyclic) bond motifs is 1. The van der Waals surface area contributed by atoms with E-state index in [0.717, 1.165) is 0 Å². The van der Waals surface area contributed by atoms with Crippen LogP contribution in [0.5, 0.6) is 0 Å². The van der Waals surface area contributed by atoms with Gasteiger partial charge in [-0.3, -0.25) is 14.6 Å². The number of halogens is 2. The van der Waals surface area contributed by atoms with Crippen molar-refractivity contribution in [1.29, 1.82) is 0 Å². The van der Waals surface area contributed by atoms with E-state index in [1.54, 1.807) is 37.3 Å². The molecule has 0 aliphatic rings. The molecular formula is C22H15ClFN7O2. The summed E-state index contributed by atoms with van der Waals surface area (Å²) >= 11 is 6.13. The normalized spacial score (nSPS) is 11.1. The molecule has 5 rings (SSSR count). The molecule has 0 aliphatic carbocycles. The Hall–Kier alpha value is -4.31. The molecule has 33 heavy (non-hydrogen) atoms. The first-order valence-electron chi connectivity index (χ1n) is 9.77. The number of anilines is 1. The highest BCUT2D eigenvalue weighted by atomic mass is 35.5. The summed E-state index contributed by atoms with van der Waals surface area (Å²) in [6.45, 7) is 1.74. The molecule has 164 valence electrons. The molecule has 1 amide bonds. The van der Waals surface area contributed by atoms with Gasteiger partial charge >= 0.3 is 0 Å². The molecule has 0 saturated heterocycles. The smallest absolute Gasteiger partial charge is 0.263 e. The number of nitrogens with one attached hydrogen (secondary N) is 2. The van der Waals surface area contributed by atoms with Crippen LogP contribution in [0.15, 0.2) is 65.6 Å². The van der Waals surface area contributed by atoms with Gasteiger partial charge in [-0.15, -0.1) is 0 Å². The number of carbonyl (C=O) groups excluding carboxylic acids is 1. The third kappa shape index (κ3) is 3.76. The highest BCUT2D eigenvalue weighted by molar-refractivity contribution is 6.34. The molecule has 5 aromatic rings. The lowest BCUT2D eigenvalue weighted by molar-refractivity contribution is 0.102. The van der Waals surface area contributed by atoms with Gasteiger partial charge in [0.05, 0.1) is 28.2 Å². The Balaban J connectivity index is 1.59. The SMILES string of the molecule is Cc1cc(NC(=O)c2ccccc2Cl)n(-c2nc3c(cnn3-c3ccc(F)cc3)c(=O)[nH]2)n1. The Morgan fingerprint density at radius 3 is 2.64 bits per heavy atom. The van der Waals surface area contributed by atoms with Crippen molar-refractivity contribution in [3.8, 4) is 11.6 Å². The van der Waals surface area contributed by atoms with Gasteiger partial charge in [-0.1, -0.05) is 23.7 Å². The molecule has 0 saturated carbocycles. The van der Waals surface area contributed by atoms with Crippen molar-refractivity contribution in [1.82, 2.24) is 29.5 Å². The van der Waals surface area contributed by atoms with Gasteiger partial charge in [-0.05, 0) is 43.3 Å². The van der Waals surface area contributed by atoms with Gasteiger partial charge in [0.2, 0.25) is 5.95 Å². The molecule has 0 bridgehead atoms. The molecule has 0 spiro atoms. The minimum Gasteiger partial charge on any atom is -0.306 e. The molecule has 9 nitrogen and oxygen atoms in total. The number of nitrogens with zero attached hydrogens (tertiary/aromatic N) is 5. The standard InChI is InChI=1S/C22H15ClFN7O2/c1-12-10-18(26-20(32)15-4-2-3-5-17(15)23)31(29-12)22-27-19-16(21(33)28-22)11-25-30(19)14-8-6-13(24)7-9-14/h2-11H,1H3,(H,26,32)(H,27,28,33). The van der Waals surface area contributed by atoms with E-state index in [9.17, 15) is 14.0 Å². The first kappa shape index (κ1) is 20.6. The third-order valence-electron chi connectivity index (χ3n) is 4.89. The van der Waals surface area contributed by atoms with Crippen molar-refractivity contribution >= 4 is 34.4 Å². The van der Waals surface area contributed by atoms with E-state index >= 15 is 0 Å². The van der Waals surface area contributed by atoms with Crippen molar-refractivity contribution in [3.63, 3.8) is 0 Å². The number of H-pyrrole nitrogens is 1. The van der Waals surface area contributed by atoms with Crippen LogP contribution < -0.4 is 10.9 Å². The number of rotatable bonds is 4. The number of aryl methyl sites for hydroxylation is 1. The average molecular weight is 464 g/mol. The largest absolute Gasteiger partial charge is 0.306 e. The van der Waals surface area contributed by atoms with E-state index in [-0.39, 0.29) is 28.4 Å². The maximum Gasteiger partial charge on any atom is 0.263 e. The molecule has 11 heteroatoms. The molecule has 3 aromatic heterocycles. The Morgan fingerprint density at radius 1 is 1.12 bits per heavy atom. The van der Waals surface area contributed by atoms with Crippen molar-refractivity contribution in [3.05, 3.63) is 93.2 Å². The summed E-state index contributed by atoms with van der Waals surface area (Å²) < 4.78 is 16.1. The van der Waals surface area contributed by atoms with E-state index < -0.39 is 17.3 Å². The fourth-order valence-corrected chi connectivity index (χ4v) is 3.58. The monoisotopic (exact) mass is 463 g/mol. The second-order valence-corrected chi connectivity index (χ2v) is 7.58. The maximum atomic E-state index is 13.3. The number of aromatic nitrogens is 6. The van der Waals surface area contributed by atoms with Crippen LogP contribution in [0.2, 0.25) is 5.02 Å². The highest BCUT2D eigenvalue weighted by Gasteiger charge is 2.18. The number of amides is 1. The average Bonchev–Trinajstić information content (AvgIpc) is 3.38.